The first kappa shape index (κ1) is 13.0. The van der Waals surface area contributed by atoms with Crippen molar-refractivity contribution < 1.29 is 18.0 Å². The van der Waals surface area contributed by atoms with Crippen LogP contribution in [0.25, 0.3) is 0 Å². The first-order valence-electron chi connectivity index (χ1n) is 4.77. The fourth-order valence-electron chi connectivity index (χ4n) is 1.14. The molecule has 0 aliphatic heterocycles. The summed E-state index contributed by atoms with van der Waals surface area (Å²) < 4.78 is 36.7. The smallest absolute Gasteiger partial charge is 0.351 e. The van der Waals surface area contributed by atoms with Crippen LogP contribution >= 0.6 is 0 Å². The summed E-state index contributed by atoms with van der Waals surface area (Å²) in [4.78, 5) is 11.4. The van der Waals surface area contributed by atoms with Gasteiger partial charge in [-0.1, -0.05) is 0 Å². The third kappa shape index (κ3) is 3.79. The van der Waals surface area contributed by atoms with E-state index >= 15 is 0 Å². The number of alkyl halides is 3. The lowest BCUT2D eigenvalue weighted by atomic mass is 10.1. The molecule has 1 N–H and O–H groups in total. The van der Waals surface area contributed by atoms with Crippen LogP contribution in [0.1, 0.15) is 22.3 Å². The quantitative estimate of drug-likeness (QED) is 0.827. The van der Waals surface area contributed by atoms with Gasteiger partial charge in [0.1, 0.15) is 0 Å². The number of benzene rings is 1. The molecule has 1 aromatic rings. The number of nitrogens with one attached hydrogen (secondary N) is 1. The number of hydrogen-bond acceptors (Lipinski definition) is 2. The van der Waals surface area contributed by atoms with Crippen molar-refractivity contribution in [3.63, 3.8) is 0 Å². The first-order valence-corrected chi connectivity index (χ1v) is 4.77. The zero-order valence-electron chi connectivity index (χ0n) is 8.71. The fourth-order valence-corrected chi connectivity index (χ4v) is 1.14. The summed E-state index contributed by atoms with van der Waals surface area (Å²) in [7, 11) is 0. The number of amides is 1. The van der Waals surface area contributed by atoms with Gasteiger partial charge in [0.2, 0.25) is 0 Å². The molecule has 0 heterocycles. The van der Waals surface area contributed by atoms with Crippen molar-refractivity contribution in [3.8, 4) is 6.07 Å². The average Bonchev–Trinajstić information content (AvgIpc) is 2.28. The van der Waals surface area contributed by atoms with Crippen molar-refractivity contribution >= 4 is 5.91 Å². The first-order chi connectivity index (χ1) is 7.95. The van der Waals surface area contributed by atoms with E-state index in [1.54, 1.807) is 0 Å². The lowest BCUT2D eigenvalue weighted by Crippen LogP contribution is -2.24. The molecule has 1 aromatic carbocycles. The molecule has 0 radical (unpaired) electrons. The number of nitrogens with zero attached hydrogens (tertiary/aromatic N) is 1. The van der Waals surface area contributed by atoms with Gasteiger partial charge >= 0.3 is 6.18 Å². The number of carbonyl (C=O) groups excluding carboxylic acids is 1. The monoisotopic (exact) mass is 242 g/mol. The third-order valence-corrected chi connectivity index (χ3v) is 2.00. The largest absolute Gasteiger partial charge is 0.416 e. The van der Waals surface area contributed by atoms with Gasteiger partial charge in [0.15, 0.2) is 0 Å². The number of hydrogen-bond donors (Lipinski definition) is 1. The zero-order chi connectivity index (χ0) is 12.9. The Balaban J connectivity index is 2.68. The SMILES string of the molecule is N#CCCNC(=O)c1ccc(C(F)(F)F)cc1. The molecule has 0 spiro atoms. The predicted molar refractivity (Wildman–Crippen MR) is 54.0 cm³/mol. The molecule has 0 saturated carbocycles. The standard InChI is InChI=1S/C11H9F3N2O/c12-11(13,14)9-4-2-8(3-5-9)10(17)16-7-1-6-15/h2-5H,1,7H2,(H,16,17). The van der Waals surface area contributed by atoms with Crippen molar-refractivity contribution in [3.05, 3.63) is 35.4 Å². The molecule has 90 valence electrons. The minimum Gasteiger partial charge on any atom is -0.351 e. The van der Waals surface area contributed by atoms with Crippen molar-refractivity contribution in [2.75, 3.05) is 6.54 Å². The van der Waals surface area contributed by atoms with Gasteiger partial charge in [-0.25, -0.2) is 0 Å². The Morgan fingerprint density at radius 3 is 2.35 bits per heavy atom. The Hall–Kier alpha value is -2.03. The highest BCUT2D eigenvalue weighted by molar-refractivity contribution is 5.94. The molecular weight excluding hydrogens is 233 g/mol. The van der Waals surface area contributed by atoms with Crippen LogP contribution < -0.4 is 5.32 Å². The second-order valence-corrected chi connectivity index (χ2v) is 3.24. The van der Waals surface area contributed by atoms with Crippen LogP contribution in [0.15, 0.2) is 24.3 Å². The normalized spacial score (nSPS) is 10.7. The summed E-state index contributed by atoms with van der Waals surface area (Å²) in [6.45, 7) is 0.177. The van der Waals surface area contributed by atoms with E-state index < -0.39 is 17.6 Å². The molecular formula is C11H9F3N2O. The van der Waals surface area contributed by atoms with Gasteiger partial charge in [0.05, 0.1) is 18.1 Å². The summed E-state index contributed by atoms with van der Waals surface area (Å²) in [5.41, 5.74) is -0.665. The van der Waals surface area contributed by atoms with Gasteiger partial charge in [-0.05, 0) is 24.3 Å². The average molecular weight is 242 g/mol. The van der Waals surface area contributed by atoms with E-state index in [0.717, 1.165) is 24.3 Å². The molecule has 17 heavy (non-hydrogen) atoms. The number of rotatable bonds is 3. The lowest BCUT2D eigenvalue weighted by molar-refractivity contribution is -0.137. The van der Waals surface area contributed by atoms with Gasteiger partial charge in [-0.15, -0.1) is 0 Å². The molecule has 0 aliphatic carbocycles. The Morgan fingerprint density at radius 1 is 1.29 bits per heavy atom. The molecule has 1 rings (SSSR count). The van der Waals surface area contributed by atoms with E-state index in [2.05, 4.69) is 5.32 Å². The highest BCUT2D eigenvalue weighted by atomic mass is 19.4. The molecule has 0 saturated heterocycles. The summed E-state index contributed by atoms with van der Waals surface area (Å²) in [5, 5.41) is 10.7. The summed E-state index contributed by atoms with van der Waals surface area (Å²) in [6.07, 6.45) is -4.25. The number of nitriles is 1. The molecule has 3 nitrogen and oxygen atoms in total. The Morgan fingerprint density at radius 2 is 1.88 bits per heavy atom. The third-order valence-electron chi connectivity index (χ3n) is 2.00. The fraction of sp³-hybridized carbons (Fsp3) is 0.273. The Labute approximate surface area is 95.9 Å². The van der Waals surface area contributed by atoms with E-state index in [0.29, 0.717) is 0 Å². The van der Waals surface area contributed by atoms with Crippen molar-refractivity contribution in [1.29, 1.82) is 5.26 Å². The maximum atomic E-state index is 12.2. The van der Waals surface area contributed by atoms with Crippen LogP contribution in [0.3, 0.4) is 0 Å². The molecule has 0 aliphatic rings. The maximum Gasteiger partial charge on any atom is 0.416 e. The van der Waals surface area contributed by atoms with Gasteiger partial charge in [0.25, 0.3) is 5.91 Å². The van der Waals surface area contributed by atoms with Crippen LogP contribution in [0, 0.1) is 11.3 Å². The van der Waals surface area contributed by atoms with E-state index in [1.165, 1.54) is 0 Å². The predicted octanol–water partition coefficient (Wildman–Crippen LogP) is 2.35. The van der Waals surface area contributed by atoms with Crippen molar-refractivity contribution in [1.82, 2.24) is 5.32 Å². The highest BCUT2D eigenvalue weighted by Crippen LogP contribution is 2.28. The van der Waals surface area contributed by atoms with Crippen LogP contribution in [-0.2, 0) is 6.18 Å². The second kappa shape index (κ2) is 5.34. The van der Waals surface area contributed by atoms with Crippen LogP contribution in [-0.4, -0.2) is 12.5 Å². The number of carbonyl (C=O) groups is 1. The van der Waals surface area contributed by atoms with E-state index in [9.17, 15) is 18.0 Å². The van der Waals surface area contributed by atoms with Crippen LogP contribution in [0.2, 0.25) is 0 Å². The molecule has 0 aromatic heterocycles. The minimum absolute atomic E-state index is 0.135. The maximum absolute atomic E-state index is 12.2. The van der Waals surface area contributed by atoms with Gasteiger partial charge in [-0.2, -0.15) is 18.4 Å². The summed E-state index contributed by atoms with van der Waals surface area (Å²) in [6, 6.07) is 5.74. The zero-order valence-corrected chi connectivity index (χ0v) is 8.71. The molecule has 0 fully saturated rings. The molecule has 0 atom stereocenters. The van der Waals surface area contributed by atoms with Crippen LogP contribution in [0.4, 0.5) is 13.2 Å². The van der Waals surface area contributed by atoms with E-state index in [4.69, 9.17) is 5.26 Å². The molecule has 0 unspecified atom stereocenters. The van der Waals surface area contributed by atoms with Crippen molar-refractivity contribution in [2.45, 2.75) is 12.6 Å². The van der Waals surface area contributed by atoms with Crippen LogP contribution in [0.5, 0.6) is 0 Å². The van der Waals surface area contributed by atoms with Gasteiger partial charge < -0.3 is 5.32 Å². The molecule has 0 bridgehead atoms. The molecule has 6 heteroatoms. The van der Waals surface area contributed by atoms with Gasteiger partial charge in [0, 0.05) is 12.1 Å². The number of halogens is 3. The summed E-state index contributed by atoms with van der Waals surface area (Å²) in [5.74, 6) is -0.492. The Kier molecular flexibility index (Phi) is 4.10. The topological polar surface area (TPSA) is 52.9 Å². The lowest BCUT2D eigenvalue weighted by Gasteiger charge is -2.07. The van der Waals surface area contributed by atoms with Crippen molar-refractivity contribution in [2.24, 2.45) is 0 Å². The Bertz CT molecular complexity index is 432. The second-order valence-electron chi connectivity index (χ2n) is 3.24. The summed E-state index contributed by atoms with van der Waals surface area (Å²) >= 11 is 0. The molecule has 1 amide bonds. The highest BCUT2D eigenvalue weighted by Gasteiger charge is 2.30. The van der Waals surface area contributed by atoms with E-state index in [-0.39, 0.29) is 18.5 Å². The van der Waals surface area contributed by atoms with Gasteiger partial charge in [-0.3, -0.25) is 4.79 Å². The van der Waals surface area contributed by atoms with E-state index in [1.807, 2.05) is 6.07 Å². The minimum atomic E-state index is -4.41.